The highest BCUT2D eigenvalue weighted by atomic mass is 16.6. The maximum atomic E-state index is 12.5. The van der Waals surface area contributed by atoms with Crippen LogP contribution in [0.1, 0.15) is 40.4 Å². The van der Waals surface area contributed by atoms with Gasteiger partial charge in [0.25, 0.3) is 0 Å². The maximum Gasteiger partial charge on any atom is 0.410 e. The number of esters is 1. The molecule has 1 atom stereocenters. The number of nitrogens with zero attached hydrogens (tertiary/aromatic N) is 1. The van der Waals surface area contributed by atoms with Gasteiger partial charge in [-0.2, -0.15) is 0 Å². The molecule has 2 aromatic carbocycles. The van der Waals surface area contributed by atoms with E-state index in [0.29, 0.717) is 12.1 Å². The van der Waals surface area contributed by atoms with E-state index in [9.17, 15) is 9.59 Å². The zero-order valence-electron chi connectivity index (χ0n) is 14.2. The summed E-state index contributed by atoms with van der Waals surface area (Å²) in [5.41, 5.74) is 2.47. The van der Waals surface area contributed by atoms with E-state index in [2.05, 4.69) is 0 Å². The van der Waals surface area contributed by atoms with Gasteiger partial charge in [0.1, 0.15) is 6.61 Å². The lowest BCUT2D eigenvalue weighted by molar-refractivity contribution is 0.0600. The second kappa shape index (κ2) is 7.83. The van der Waals surface area contributed by atoms with Crippen LogP contribution in [0.2, 0.25) is 0 Å². The SMILES string of the molecule is COC(=O)c1ccc(C2CCCN2C(=O)OCc2ccccc2)cc1. The molecule has 130 valence electrons. The molecular formula is C20H21NO4. The standard InChI is InChI=1S/C20H21NO4/c1-24-19(22)17-11-9-16(10-12-17)18-8-5-13-21(18)20(23)25-14-15-6-3-2-4-7-15/h2-4,6-7,9-12,18H,5,8,13-14H2,1H3. The van der Waals surface area contributed by atoms with Crippen molar-refractivity contribution in [2.45, 2.75) is 25.5 Å². The van der Waals surface area contributed by atoms with Crippen molar-refractivity contribution in [2.75, 3.05) is 13.7 Å². The summed E-state index contributed by atoms with van der Waals surface area (Å²) in [6.07, 6.45) is 1.52. The number of methoxy groups -OCH3 is 1. The number of benzene rings is 2. The molecule has 1 saturated heterocycles. The van der Waals surface area contributed by atoms with Crippen LogP contribution in [0.5, 0.6) is 0 Å². The van der Waals surface area contributed by atoms with Crippen molar-refractivity contribution in [3.63, 3.8) is 0 Å². The van der Waals surface area contributed by atoms with Gasteiger partial charge in [0.05, 0.1) is 18.7 Å². The first kappa shape index (κ1) is 17.0. The zero-order chi connectivity index (χ0) is 17.6. The minimum absolute atomic E-state index is 0.0185. The van der Waals surface area contributed by atoms with Crippen LogP contribution in [0.3, 0.4) is 0 Å². The average molecular weight is 339 g/mol. The Bertz CT molecular complexity index is 727. The lowest BCUT2D eigenvalue weighted by Crippen LogP contribution is -2.31. The summed E-state index contributed by atoms with van der Waals surface area (Å²) in [6.45, 7) is 0.946. The van der Waals surface area contributed by atoms with Crippen molar-refractivity contribution in [3.8, 4) is 0 Å². The van der Waals surface area contributed by atoms with Crippen molar-refractivity contribution in [1.82, 2.24) is 4.90 Å². The van der Waals surface area contributed by atoms with Crippen molar-refractivity contribution in [3.05, 3.63) is 71.3 Å². The molecule has 1 aliphatic rings. The monoisotopic (exact) mass is 339 g/mol. The van der Waals surface area contributed by atoms with Crippen molar-refractivity contribution >= 4 is 12.1 Å². The van der Waals surface area contributed by atoms with E-state index in [1.54, 1.807) is 17.0 Å². The smallest absolute Gasteiger partial charge is 0.410 e. The molecule has 3 rings (SSSR count). The first-order valence-electron chi connectivity index (χ1n) is 8.34. The summed E-state index contributed by atoms with van der Waals surface area (Å²) < 4.78 is 10.2. The maximum absolute atomic E-state index is 12.5. The largest absolute Gasteiger partial charge is 0.465 e. The van der Waals surface area contributed by atoms with E-state index >= 15 is 0 Å². The molecule has 1 amide bonds. The molecule has 0 aliphatic carbocycles. The minimum atomic E-state index is -0.364. The highest BCUT2D eigenvalue weighted by molar-refractivity contribution is 5.89. The lowest BCUT2D eigenvalue weighted by atomic mass is 10.0. The Hall–Kier alpha value is -2.82. The first-order valence-corrected chi connectivity index (χ1v) is 8.34. The fraction of sp³-hybridized carbons (Fsp3) is 0.300. The molecule has 1 fully saturated rings. The topological polar surface area (TPSA) is 55.8 Å². The molecule has 0 radical (unpaired) electrons. The van der Waals surface area contributed by atoms with E-state index in [4.69, 9.17) is 9.47 Å². The number of carbonyl (C=O) groups excluding carboxylic acids is 2. The van der Waals surface area contributed by atoms with Crippen LogP contribution in [-0.4, -0.2) is 30.6 Å². The van der Waals surface area contributed by atoms with Crippen LogP contribution in [0.4, 0.5) is 4.79 Å². The Labute approximate surface area is 147 Å². The van der Waals surface area contributed by atoms with E-state index in [1.807, 2.05) is 42.5 Å². The van der Waals surface area contributed by atoms with E-state index in [1.165, 1.54) is 7.11 Å². The fourth-order valence-electron chi connectivity index (χ4n) is 3.09. The van der Waals surface area contributed by atoms with Crippen molar-refractivity contribution in [2.24, 2.45) is 0 Å². The molecule has 1 unspecified atom stereocenters. The summed E-state index contributed by atoms with van der Waals surface area (Å²) >= 11 is 0. The molecular weight excluding hydrogens is 318 g/mol. The zero-order valence-corrected chi connectivity index (χ0v) is 14.2. The van der Waals surface area contributed by atoms with Crippen LogP contribution in [0.15, 0.2) is 54.6 Å². The van der Waals surface area contributed by atoms with Crippen LogP contribution in [-0.2, 0) is 16.1 Å². The minimum Gasteiger partial charge on any atom is -0.465 e. The quantitative estimate of drug-likeness (QED) is 0.792. The highest BCUT2D eigenvalue weighted by Gasteiger charge is 2.31. The molecule has 0 aromatic heterocycles. The van der Waals surface area contributed by atoms with Gasteiger partial charge in [-0.25, -0.2) is 9.59 Å². The molecule has 25 heavy (non-hydrogen) atoms. The summed E-state index contributed by atoms with van der Waals surface area (Å²) in [6, 6.07) is 16.8. The van der Waals surface area contributed by atoms with Crippen molar-refractivity contribution < 1.29 is 19.1 Å². The average Bonchev–Trinajstić information content (AvgIpc) is 3.16. The van der Waals surface area contributed by atoms with Gasteiger partial charge in [-0.3, -0.25) is 0 Å². The summed E-state index contributed by atoms with van der Waals surface area (Å²) in [4.78, 5) is 25.7. The van der Waals surface area contributed by atoms with Crippen LogP contribution in [0.25, 0.3) is 0 Å². The number of hydrogen-bond donors (Lipinski definition) is 0. The molecule has 0 N–H and O–H groups in total. The second-order valence-electron chi connectivity index (χ2n) is 6.01. The number of hydrogen-bond acceptors (Lipinski definition) is 4. The van der Waals surface area contributed by atoms with Gasteiger partial charge in [0.2, 0.25) is 0 Å². The Morgan fingerprint density at radius 2 is 1.80 bits per heavy atom. The Balaban J connectivity index is 1.65. The predicted octanol–water partition coefficient (Wildman–Crippen LogP) is 3.95. The molecule has 1 heterocycles. The van der Waals surface area contributed by atoms with Gasteiger partial charge in [-0.15, -0.1) is 0 Å². The number of rotatable bonds is 4. The third-order valence-electron chi connectivity index (χ3n) is 4.41. The lowest BCUT2D eigenvalue weighted by Gasteiger charge is -2.24. The number of amides is 1. The molecule has 5 nitrogen and oxygen atoms in total. The van der Waals surface area contributed by atoms with E-state index in [-0.39, 0.29) is 24.7 Å². The van der Waals surface area contributed by atoms with Crippen LogP contribution < -0.4 is 0 Å². The summed E-state index contributed by atoms with van der Waals surface area (Å²) in [5, 5.41) is 0. The van der Waals surface area contributed by atoms with E-state index < -0.39 is 0 Å². The molecule has 0 spiro atoms. The first-order chi connectivity index (χ1) is 12.2. The molecule has 5 heteroatoms. The molecule has 2 aromatic rings. The number of ether oxygens (including phenoxy) is 2. The third kappa shape index (κ3) is 3.99. The fourth-order valence-corrected chi connectivity index (χ4v) is 3.09. The van der Waals surface area contributed by atoms with Crippen molar-refractivity contribution in [1.29, 1.82) is 0 Å². The predicted molar refractivity (Wildman–Crippen MR) is 93.1 cm³/mol. The molecule has 0 bridgehead atoms. The van der Waals surface area contributed by atoms with Crippen LogP contribution >= 0.6 is 0 Å². The Morgan fingerprint density at radius 3 is 2.48 bits per heavy atom. The summed E-state index contributed by atoms with van der Waals surface area (Å²) in [5.74, 6) is -0.364. The number of likely N-dealkylation sites (tertiary alicyclic amines) is 1. The Morgan fingerprint density at radius 1 is 1.08 bits per heavy atom. The number of carbonyl (C=O) groups is 2. The van der Waals surface area contributed by atoms with Gasteiger partial charge < -0.3 is 14.4 Å². The van der Waals surface area contributed by atoms with Gasteiger partial charge in [0.15, 0.2) is 0 Å². The van der Waals surface area contributed by atoms with Crippen LogP contribution in [0, 0.1) is 0 Å². The van der Waals surface area contributed by atoms with E-state index in [0.717, 1.165) is 24.0 Å². The molecule has 1 aliphatic heterocycles. The second-order valence-corrected chi connectivity index (χ2v) is 6.01. The summed E-state index contributed by atoms with van der Waals surface area (Å²) in [7, 11) is 1.36. The van der Waals surface area contributed by atoms with Gasteiger partial charge in [0, 0.05) is 6.54 Å². The highest BCUT2D eigenvalue weighted by Crippen LogP contribution is 2.32. The third-order valence-corrected chi connectivity index (χ3v) is 4.41. The molecule has 0 saturated carbocycles. The normalized spacial score (nSPS) is 16.5. The van der Waals surface area contributed by atoms with Gasteiger partial charge in [-0.05, 0) is 36.1 Å². The van der Waals surface area contributed by atoms with Gasteiger partial charge in [-0.1, -0.05) is 42.5 Å². The Kier molecular flexibility index (Phi) is 5.33. The van der Waals surface area contributed by atoms with Gasteiger partial charge >= 0.3 is 12.1 Å².